The highest BCUT2D eigenvalue weighted by Crippen LogP contribution is 2.50. The Balaban J connectivity index is 0.000000872. The molecule has 0 amide bonds. The number of fused-ring (bicyclic) bond motifs is 2. The maximum absolute atomic E-state index is 12.6. The lowest BCUT2D eigenvalue weighted by Gasteiger charge is -2.14. The average Bonchev–Trinajstić information content (AvgIpc) is 3.25. The summed E-state index contributed by atoms with van der Waals surface area (Å²) >= 11 is 1.44. The highest BCUT2D eigenvalue weighted by Gasteiger charge is 2.38. The van der Waals surface area contributed by atoms with Crippen molar-refractivity contribution in [1.82, 2.24) is 9.55 Å². The normalized spacial score (nSPS) is 18.1. The summed E-state index contributed by atoms with van der Waals surface area (Å²) < 4.78 is 7.30. The average molecular weight is 384 g/mol. The Labute approximate surface area is 160 Å². The number of carboxylic acids is 1. The number of aliphatic carboxylic acids is 1. The highest BCUT2D eigenvalue weighted by molar-refractivity contribution is 7.99. The number of thioether (sulfide) groups is 1. The van der Waals surface area contributed by atoms with Crippen LogP contribution in [0.2, 0.25) is 0 Å². The van der Waals surface area contributed by atoms with Crippen LogP contribution in [0.5, 0.6) is 0 Å². The number of rotatable bonds is 3. The summed E-state index contributed by atoms with van der Waals surface area (Å²) in [5.41, 5.74) is 2.83. The summed E-state index contributed by atoms with van der Waals surface area (Å²) in [6.45, 7) is 4.00. The summed E-state index contributed by atoms with van der Waals surface area (Å²) in [6, 6.07) is 8.17. The number of aromatic nitrogens is 2. The van der Waals surface area contributed by atoms with Gasteiger partial charge in [-0.15, -0.1) is 11.8 Å². The molecule has 1 aliphatic heterocycles. The first kappa shape index (κ1) is 17.9. The summed E-state index contributed by atoms with van der Waals surface area (Å²) in [6.07, 6.45) is 2.08. The first-order chi connectivity index (χ1) is 13.1. The van der Waals surface area contributed by atoms with Gasteiger partial charge in [0, 0.05) is 17.4 Å². The van der Waals surface area contributed by atoms with E-state index in [1.54, 1.807) is 0 Å². The molecule has 0 bridgehead atoms. The molecule has 27 heavy (non-hydrogen) atoms. The number of carboxylic acid groups (broad SMARTS) is 1. The Morgan fingerprint density at radius 2 is 2.04 bits per heavy atom. The molecule has 1 aromatic carbocycles. The third-order valence-electron chi connectivity index (χ3n) is 4.73. The number of para-hydroxylation sites is 2. The molecule has 0 saturated heterocycles. The van der Waals surface area contributed by atoms with Crippen molar-refractivity contribution in [2.75, 3.05) is 5.75 Å². The minimum atomic E-state index is -0.968. The topological polar surface area (TPSA) is 85.3 Å². The molecule has 3 heterocycles. The second-order valence-corrected chi connectivity index (χ2v) is 7.42. The largest absolute Gasteiger partial charge is 0.480 e. The van der Waals surface area contributed by atoms with Crippen molar-refractivity contribution >= 4 is 28.8 Å². The predicted octanol–water partition coefficient (Wildman–Crippen LogP) is 4.29. The minimum Gasteiger partial charge on any atom is -0.480 e. The fourth-order valence-electron chi connectivity index (χ4n) is 3.40. The van der Waals surface area contributed by atoms with E-state index in [2.05, 4.69) is 4.98 Å². The molecule has 1 aliphatic carbocycles. The number of oxazole rings is 1. The van der Waals surface area contributed by atoms with Crippen molar-refractivity contribution in [3.63, 3.8) is 0 Å². The molecule has 2 aliphatic rings. The van der Waals surface area contributed by atoms with Crippen LogP contribution in [0.15, 0.2) is 44.6 Å². The van der Waals surface area contributed by atoms with Crippen molar-refractivity contribution < 1.29 is 14.3 Å². The number of pyridine rings is 1. The first-order valence-electron chi connectivity index (χ1n) is 9.14. The van der Waals surface area contributed by atoms with Gasteiger partial charge in [0.25, 0.3) is 5.56 Å². The number of benzene rings is 1. The van der Waals surface area contributed by atoms with Crippen LogP contribution in [0.3, 0.4) is 0 Å². The van der Waals surface area contributed by atoms with Crippen LogP contribution in [0.25, 0.3) is 22.6 Å². The van der Waals surface area contributed by atoms with Crippen molar-refractivity contribution in [3.8, 4) is 11.5 Å². The van der Waals surface area contributed by atoms with E-state index in [0.29, 0.717) is 28.7 Å². The Kier molecular flexibility index (Phi) is 4.55. The standard InChI is InChI=1S/C18H14N2O4S.C2H6/c21-14-7-10(16-19-11-3-1-2-4-13(11)24-16)15(9-5-6-9)17-20(14)12(8-25-17)18(22)23;1-2/h1-4,7,9,12H,5-6,8H2,(H,22,23);1-2H3. The van der Waals surface area contributed by atoms with Crippen LogP contribution >= 0.6 is 11.8 Å². The van der Waals surface area contributed by atoms with Crippen LogP contribution in [0.1, 0.15) is 44.2 Å². The van der Waals surface area contributed by atoms with E-state index in [4.69, 9.17) is 4.42 Å². The van der Waals surface area contributed by atoms with Gasteiger partial charge >= 0.3 is 5.97 Å². The maximum Gasteiger partial charge on any atom is 0.327 e. The lowest BCUT2D eigenvalue weighted by molar-refractivity contribution is -0.140. The van der Waals surface area contributed by atoms with E-state index < -0.39 is 12.0 Å². The molecule has 6 nitrogen and oxygen atoms in total. The Morgan fingerprint density at radius 3 is 2.70 bits per heavy atom. The van der Waals surface area contributed by atoms with Gasteiger partial charge < -0.3 is 9.52 Å². The Bertz CT molecular complexity index is 1050. The minimum absolute atomic E-state index is 0.311. The smallest absolute Gasteiger partial charge is 0.327 e. The molecule has 7 heteroatoms. The molecule has 140 valence electrons. The van der Waals surface area contributed by atoms with E-state index in [1.165, 1.54) is 22.4 Å². The number of nitrogens with zero attached hydrogens (tertiary/aromatic N) is 2. The zero-order valence-electron chi connectivity index (χ0n) is 15.1. The van der Waals surface area contributed by atoms with Gasteiger partial charge in [0.2, 0.25) is 5.89 Å². The van der Waals surface area contributed by atoms with Gasteiger partial charge in [-0.25, -0.2) is 9.78 Å². The molecule has 0 spiro atoms. The molecule has 1 unspecified atom stereocenters. The lowest BCUT2D eigenvalue weighted by atomic mass is 10.1. The molecule has 1 N–H and O–H groups in total. The van der Waals surface area contributed by atoms with Gasteiger partial charge in [-0.1, -0.05) is 26.0 Å². The summed E-state index contributed by atoms with van der Waals surface area (Å²) in [7, 11) is 0. The van der Waals surface area contributed by atoms with Gasteiger partial charge in [-0.05, 0) is 36.5 Å². The number of hydrogen-bond acceptors (Lipinski definition) is 5. The van der Waals surface area contributed by atoms with E-state index in [9.17, 15) is 14.7 Å². The van der Waals surface area contributed by atoms with E-state index in [-0.39, 0.29) is 5.56 Å². The third-order valence-corrected chi connectivity index (χ3v) is 5.90. The molecular weight excluding hydrogens is 364 g/mol. The maximum atomic E-state index is 12.6. The summed E-state index contributed by atoms with van der Waals surface area (Å²) in [4.78, 5) is 28.7. The van der Waals surface area contributed by atoms with E-state index in [1.807, 2.05) is 38.1 Å². The fraction of sp³-hybridized carbons (Fsp3) is 0.350. The van der Waals surface area contributed by atoms with Gasteiger partial charge in [-0.3, -0.25) is 9.36 Å². The molecule has 0 radical (unpaired) electrons. The molecule has 1 fully saturated rings. The Morgan fingerprint density at radius 1 is 1.30 bits per heavy atom. The van der Waals surface area contributed by atoms with Crippen LogP contribution in [-0.2, 0) is 4.79 Å². The van der Waals surface area contributed by atoms with E-state index >= 15 is 0 Å². The molecular formula is C20H20N2O4S. The second kappa shape index (κ2) is 6.88. The first-order valence-corrected chi connectivity index (χ1v) is 10.1. The van der Waals surface area contributed by atoms with Gasteiger partial charge in [-0.2, -0.15) is 0 Å². The zero-order chi connectivity index (χ0) is 19.1. The summed E-state index contributed by atoms with van der Waals surface area (Å²) in [5, 5.41) is 10.2. The third kappa shape index (κ3) is 2.96. The Hall–Kier alpha value is -2.54. The SMILES string of the molecule is CC.O=C(O)C1CSc2c(C3CC3)c(-c3nc4ccccc4o3)cc(=O)n21. The quantitative estimate of drug-likeness (QED) is 0.725. The monoisotopic (exact) mass is 384 g/mol. The summed E-state index contributed by atoms with van der Waals surface area (Å²) in [5.74, 6) is 0.181. The zero-order valence-corrected chi connectivity index (χ0v) is 16.0. The molecule has 1 saturated carbocycles. The van der Waals surface area contributed by atoms with Crippen molar-refractivity contribution in [1.29, 1.82) is 0 Å². The van der Waals surface area contributed by atoms with Gasteiger partial charge in [0.05, 0.1) is 5.03 Å². The molecule has 2 aromatic heterocycles. The van der Waals surface area contributed by atoms with Crippen molar-refractivity contribution in [3.05, 3.63) is 46.2 Å². The number of hydrogen-bond donors (Lipinski definition) is 1. The van der Waals surface area contributed by atoms with Crippen LogP contribution < -0.4 is 5.56 Å². The molecule has 5 rings (SSSR count). The lowest BCUT2D eigenvalue weighted by Crippen LogP contribution is -2.29. The number of carbonyl (C=O) groups is 1. The molecule has 3 aromatic rings. The van der Waals surface area contributed by atoms with Crippen LogP contribution in [0.4, 0.5) is 0 Å². The predicted molar refractivity (Wildman–Crippen MR) is 104 cm³/mol. The highest BCUT2D eigenvalue weighted by atomic mass is 32.2. The second-order valence-electron chi connectivity index (χ2n) is 6.41. The van der Waals surface area contributed by atoms with Gasteiger partial charge in [0.1, 0.15) is 11.6 Å². The van der Waals surface area contributed by atoms with Crippen molar-refractivity contribution in [2.45, 2.75) is 43.7 Å². The fourth-order valence-corrected chi connectivity index (χ4v) is 4.80. The van der Waals surface area contributed by atoms with Gasteiger partial charge in [0.15, 0.2) is 5.58 Å². The van der Waals surface area contributed by atoms with E-state index in [0.717, 1.165) is 28.9 Å². The van der Waals surface area contributed by atoms with Crippen molar-refractivity contribution in [2.24, 2.45) is 0 Å². The van der Waals surface area contributed by atoms with Crippen LogP contribution in [0, 0.1) is 0 Å². The molecule has 1 atom stereocenters. The van der Waals surface area contributed by atoms with Crippen LogP contribution in [-0.4, -0.2) is 26.4 Å².